The first kappa shape index (κ1) is 9.22. The lowest BCUT2D eigenvalue weighted by Gasteiger charge is -1.98. The number of nitrogens with one attached hydrogen (secondary N) is 1. The monoisotopic (exact) mass is 228 g/mol. The lowest BCUT2D eigenvalue weighted by atomic mass is 10.7. The molecule has 2 aromatic rings. The van der Waals surface area contributed by atoms with Gasteiger partial charge in [-0.15, -0.1) is 0 Å². The molecule has 0 aliphatic carbocycles. The molecule has 14 heavy (non-hydrogen) atoms. The highest BCUT2D eigenvalue weighted by molar-refractivity contribution is 7.99. The summed E-state index contributed by atoms with van der Waals surface area (Å²) < 4.78 is 0. The molecule has 72 valence electrons. The average molecular weight is 229 g/mol. The Morgan fingerprint density at radius 1 is 1.43 bits per heavy atom. The molecule has 0 spiro atoms. The van der Waals surface area contributed by atoms with Crippen LogP contribution in [-0.4, -0.2) is 25.1 Å². The van der Waals surface area contributed by atoms with E-state index in [9.17, 15) is 0 Å². The van der Waals surface area contributed by atoms with Crippen molar-refractivity contribution < 1.29 is 0 Å². The van der Waals surface area contributed by atoms with Crippen LogP contribution in [0.15, 0.2) is 22.6 Å². The van der Waals surface area contributed by atoms with Crippen LogP contribution < -0.4 is 5.73 Å². The number of hydrogen-bond acceptors (Lipinski definition) is 6. The van der Waals surface area contributed by atoms with Gasteiger partial charge in [0.1, 0.15) is 16.5 Å². The number of halogens is 1. The van der Waals surface area contributed by atoms with Gasteiger partial charge in [-0.3, -0.25) is 5.10 Å². The summed E-state index contributed by atoms with van der Waals surface area (Å²) in [6, 6.07) is 1.60. The van der Waals surface area contributed by atoms with Gasteiger partial charge in [-0.2, -0.15) is 5.10 Å². The molecule has 0 aromatic carbocycles. The standard InChI is InChI=1S/C6H5ClN6S/c7-3-1-4(12-5(8)11-3)14-6-9-2-10-13-6/h1-2H,(H2,8,11,12)(H,9,10,13). The van der Waals surface area contributed by atoms with E-state index in [0.717, 1.165) is 0 Å². The molecule has 0 aliphatic heterocycles. The first-order chi connectivity index (χ1) is 6.74. The van der Waals surface area contributed by atoms with Crippen molar-refractivity contribution >= 4 is 29.3 Å². The van der Waals surface area contributed by atoms with E-state index in [4.69, 9.17) is 17.3 Å². The quantitative estimate of drug-likeness (QED) is 0.745. The highest BCUT2D eigenvalue weighted by Gasteiger charge is 2.04. The number of H-pyrrole nitrogens is 1. The fourth-order valence-electron chi connectivity index (χ4n) is 0.809. The van der Waals surface area contributed by atoms with Gasteiger partial charge in [0.05, 0.1) is 0 Å². The summed E-state index contributed by atoms with van der Waals surface area (Å²) in [6.07, 6.45) is 1.41. The first-order valence-corrected chi connectivity index (χ1v) is 4.77. The third kappa shape index (κ3) is 2.12. The van der Waals surface area contributed by atoms with Crippen molar-refractivity contribution in [1.29, 1.82) is 0 Å². The van der Waals surface area contributed by atoms with E-state index < -0.39 is 0 Å². The maximum absolute atomic E-state index is 5.70. The maximum atomic E-state index is 5.70. The molecular formula is C6H5ClN6S. The molecule has 2 heterocycles. The van der Waals surface area contributed by atoms with E-state index in [1.54, 1.807) is 6.07 Å². The molecule has 2 rings (SSSR count). The zero-order valence-corrected chi connectivity index (χ0v) is 8.38. The topological polar surface area (TPSA) is 93.4 Å². The largest absolute Gasteiger partial charge is 0.368 e. The Morgan fingerprint density at radius 2 is 2.29 bits per heavy atom. The Bertz CT molecular complexity index is 410. The molecule has 8 heteroatoms. The summed E-state index contributed by atoms with van der Waals surface area (Å²) >= 11 is 6.98. The zero-order chi connectivity index (χ0) is 9.97. The van der Waals surface area contributed by atoms with Gasteiger partial charge in [-0.05, 0) is 11.8 Å². The number of rotatable bonds is 2. The third-order valence-electron chi connectivity index (χ3n) is 1.28. The summed E-state index contributed by atoms with van der Waals surface area (Å²) in [7, 11) is 0. The molecule has 3 N–H and O–H groups in total. The minimum atomic E-state index is 0.138. The van der Waals surface area contributed by atoms with E-state index >= 15 is 0 Å². The van der Waals surface area contributed by atoms with Gasteiger partial charge in [0.2, 0.25) is 5.95 Å². The van der Waals surface area contributed by atoms with Gasteiger partial charge in [0.15, 0.2) is 5.16 Å². The molecule has 0 saturated carbocycles. The van der Waals surface area contributed by atoms with Gasteiger partial charge in [0.25, 0.3) is 0 Å². The van der Waals surface area contributed by atoms with E-state index in [0.29, 0.717) is 15.3 Å². The Labute approximate surface area is 88.3 Å². The van der Waals surface area contributed by atoms with Crippen LogP contribution in [-0.2, 0) is 0 Å². The van der Waals surface area contributed by atoms with E-state index in [-0.39, 0.29) is 5.95 Å². The predicted octanol–water partition coefficient (Wildman–Crippen LogP) is 0.981. The van der Waals surface area contributed by atoms with E-state index in [2.05, 4.69) is 25.1 Å². The number of hydrogen-bond donors (Lipinski definition) is 2. The Morgan fingerprint density at radius 3 is 2.93 bits per heavy atom. The zero-order valence-electron chi connectivity index (χ0n) is 6.81. The second kappa shape index (κ2) is 3.81. The highest BCUT2D eigenvalue weighted by Crippen LogP contribution is 2.24. The second-order valence-electron chi connectivity index (χ2n) is 2.28. The van der Waals surface area contributed by atoms with Gasteiger partial charge >= 0.3 is 0 Å². The van der Waals surface area contributed by atoms with Crippen LogP contribution in [0.2, 0.25) is 5.15 Å². The summed E-state index contributed by atoms with van der Waals surface area (Å²) in [6.45, 7) is 0. The summed E-state index contributed by atoms with van der Waals surface area (Å²) in [4.78, 5) is 11.6. The van der Waals surface area contributed by atoms with Crippen molar-refractivity contribution in [2.24, 2.45) is 0 Å². The molecule has 0 radical (unpaired) electrons. The SMILES string of the molecule is Nc1nc(Cl)cc(Sc2ncn[nH]2)n1. The molecule has 0 atom stereocenters. The van der Waals surface area contributed by atoms with Crippen molar-refractivity contribution in [1.82, 2.24) is 25.1 Å². The summed E-state index contributed by atoms with van der Waals surface area (Å²) in [5.41, 5.74) is 5.42. The maximum Gasteiger partial charge on any atom is 0.222 e. The number of nitrogen functional groups attached to an aromatic ring is 1. The van der Waals surface area contributed by atoms with Crippen molar-refractivity contribution in [3.63, 3.8) is 0 Å². The van der Waals surface area contributed by atoms with Gasteiger partial charge in [-0.25, -0.2) is 15.0 Å². The summed E-state index contributed by atoms with van der Waals surface area (Å²) in [5.74, 6) is 0.138. The van der Waals surface area contributed by atoms with Crippen LogP contribution >= 0.6 is 23.4 Å². The minimum Gasteiger partial charge on any atom is -0.368 e. The number of anilines is 1. The van der Waals surface area contributed by atoms with Crippen molar-refractivity contribution in [3.8, 4) is 0 Å². The molecule has 0 bridgehead atoms. The molecule has 0 fully saturated rings. The highest BCUT2D eigenvalue weighted by atomic mass is 35.5. The molecule has 0 aliphatic rings. The van der Waals surface area contributed by atoms with Crippen molar-refractivity contribution in [2.75, 3.05) is 5.73 Å². The van der Waals surface area contributed by atoms with Gasteiger partial charge in [0, 0.05) is 6.07 Å². The molecule has 0 saturated heterocycles. The van der Waals surface area contributed by atoms with E-state index in [1.165, 1.54) is 18.1 Å². The van der Waals surface area contributed by atoms with Crippen LogP contribution in [0.5, 0.6) is 0 Å². The number of nitrogens with zero attached hydrogens (tertiary/aromatic N) is 4. The lowest BCUT2D eigenvalue weighted by molar-refractivity contribution is 0.964. The first-order valence-electron chi connectivity index (χ1n) is 3.57. The normalized spacial score (nSPS) is 10.4. The van der Waals surface area contributed by atoms with Crippen molar-refractivity contribution in [2.45, 2.75) is 10.2 Å². The van der Waals surface area contributed by atoms with Crippen LogP contribution in [0.1, 0.15) is 0 Å². The lowest BCUT2D eigenvalue weighted by Crippen LogP contribution is -1.95. The van der Waals surface area contributed by atoms with Crippen LogP contribution in [0.3, 0.4) is 0 Å². The van der Waals surface area contributed by atoms with Crippen LogP contribution in [0.4, 0.5) is 5.95 Å². The third-order valence-corrected chi connectivity index (χ3v) is 2.28. The van der Waals surface area contributed by atoms with E-state index in [1.807, 2.05) is 0 Å². The number of nitrogens with two attached hydrogens (primary N) is 1. The predicted molar refractivity (Wildman–Crippen MR) is 52.0 cm³/mol. The minimum absolute atomic E-state index is 0.138. The molecular weight excluding hydrogens is 224 g/mol. The van der Waals surface area contributed by atoms with Crippen molar-refractivity contribution in [3.05, 3.63) is 17.5 Å². The molecule has 2 aromatic heterocycles. The fraction of sp³-hybridized carbons (Fsp3) is 0. The second-order valence-corrected chi connectivity index (χ2v) is 3.68. The van der Waals surface area contributed by atoms with Crippen LogP contribution in [0.25, 0.3) is 0 Å². The molecule has 0 unspecified atom stereocenters. The Kier molecular flexibility index (Phi) is 2.51. The number of aromatic nitrogens is 5. The molecule has 6 nitrogen and oxygen atoms in total. The van der Waals surface area contributed by atoms with Gasteiger partial charge in [-0.1, -0.05) is 11.6 Å². The molecule has 0 amide bonds. The Hall–Kier alpha value is -1.34. The number of aromatic amines is 1. The van der Waals surface area contributed by atoms with Crippen LogP contribution in [0, 0.1) is 0 Å². The average Bonchev–Trinajstić information content (AvgIpc) is 2.54. The fourth-order valence-corrected chi connectivity index (χ4v) is 1.77. The smallest absolute Gasteiger partial charge is 0.222 e. The Balaban J connectivity index is 2.25. The van der Waals surface area contributed by atoms with Gasteiger partial charge < -0.3 is 5.73 Å². The summed E-state index contributed by atoms with van der Waals surface area (Å²) in [5, 5.41) is 7.93.